The summed E-state index contributed by atoms with van der Waals surface area (Å²) in [4.78, 5) is 0. The Hall–Kier alpha value is -1.26. The number of para-hydroxylation sites is 2. The molecular weight excluding hydrogens is 254 g/mol. The van der Waals surface area contributed by atoms with Crippen LogP contribution in [0.4, 0.5) is 0 Å². The fraction of sp³-hybridized carbons (Fsp3) is 0.625. The Morgan fingerprint density at radius 3 is 2.70 bits per heavy atom. The van der Waals surface area contributed by atoms with E-state index in [-0.39, 0.29) is 0 Å². The van der Waals surface area contributed by atoms with Gasteiger partial charge in [0.15, 0.2) is 11.5 Å². The Balaban J connectivity index is 1.58. The van der Waals surface area contributed by atoms with Crippen molar-refractivity contribution in [2.45, 2.75) is 19.8 Å². The van der Waals surface area contributed by atoms with Gasteiger partial charge >= 0.3 is 0 Å². The number of rotatable bonds is 9. The fourth-order valence-corrected chi connectivity index (χ4v) is 2.32. The first-order chi connectivity index (χ1) is 9.90. The van der Waals surface area contributed by atoms with Crippen molar-refractivity contribution in [1.29, 1.82) is 0 Å². The Bertz CT molecular complexity index is 378. The Labute approximate surface area is 121 Å². The minimum Gasteiger partial charge on any atom is -0.490 e. The number of nitrogens with one attached hydrogen (secondary N) is 1. The zero-order valence-electron chi connectivity index (χ0n) is 12.3. The summed E-state index contributed by atoms with van der Waals surface area (Å²) in [5.41, 5.74) is 0. The van der Waals surface area contributed by atoms with E-state index in [0.29, 0.717) is 13.2 Å². The van der Waals surface area contributed by atoms with E-state index in [2.05, 4.69) is 5.32 Å². The van der Waals surface area contributed by atoms with Gasteiger partial charge in [0.2, 0.25) is 0 Å². The summed E-state index contributed by atoms with van der Waals surface area (Å²) in [6, 6.07) is 7.80. The van der Waals surface area contributed by atoms with E-state index in [9.17, 15) is 0 Å². The number of hydrogen-bond acceptors (Lipinski definition) is 4. The number of ether oxygens (including phenoxy) is 3. The lowest BCUT2D eigenvalue weighted by atomic mass is 10.1. The molecule has 2 rings (SSSR count). The van der Waals surface area contributed by atoms with Gasteiger partial charge in [-0.05, 0) is 44.4 Å². The quantitative estimate of drug-likeness (QED) is 0.705. The van der Waals surface area contributed by atoms with E-state index in [1.807, 2.05) is 31.2 Å². The molecular formula is C16H25NO3. The standard InChI is InChI=1S/C16H25NO3/c1-2-19-15-5-3-4-6-16(15)20-12-10-17-9-7-14-8-11-18-13-14/h3-6,14,17H,2,7-13H2,1H3. The van der Waals surface area contributed by atoms with Gasteiger partial charge in [0.1, 0.15) is 6.61 Å². The van der Waals surface area contributed by atoms with E-state index in [4.69, 9.17) is 14.2 Å². The van der Waals surface area contributed by atoms with Crippen LogP contribution < -0.4 is 14.8 Å². The molecule has 0 aliphatic carbocycles. The van der Waals surface area contributed by atoms with Gasteiger partial charge in [-0.2, -0.15) is 0 Å². The summed E-state index contributed by atoms with van der Waals surface area (Å²) in [6.45, 7) is 7.04. The minimum atomic E-state index is 0.655. The molecule has 0 saturated carbocycles. The largest absolute Gasteiger partial charge is 0.490 e. The molecule has 4 heteroatoms. The predicted molar refractivity (Wildman–Crippen MR) is 79.5 cm³/mol. The van der Waals surface area contributed by atoms with Gasteiger partial charge in [-0.1, -0.05) is 12.1 Å². The molecule has 1 fully saturated rings. The lowest BCUT2D eigenvalue weighted by Crippen LogP contribution is -2.24. The molecule has 1 aromatic rings. The van der Waals surface area contributed by atoms with Crippen molar-refractivity contribution in [2.75, 3.05) is 39.5 Å². The van der Waals surface area contributed by atoms with Crippen LogP contribution in [-0.2, 0) is 4.74 Å². The van der Waals surface area contributed by atoms with Crippen molar-refractivity contribution in [3.63, 3.8) is 0 Å². The maximum atomic E-state index is 5.75. The van der Waals surface area contributed by atoms with Gasteiger partial charge in [0.05, 0.1) is 6.61 Å². The first-order valence-electron chi connectivity index (χ1n) is 7.53. The van der Waals surface area contributed by atoms with Crippen LogP contribution in [0, 0.1) is 5.92 Å². The maximum absolute atomic E-state index is 5.75. The van der Waals surface area contributed by atoms with Crippen LogP contribution in [0.1, 0.15) is 19.8 Å². The Morgan fingerprint density at radius 2 is 2.00 bits per heavy atom. The average molecular weight is 279 g/mol. The Kier molecular flexibility index (Phi) is 6.68. The van der Waals surface area contributed by atoms with E-state index in [1.165, 1.54) is 12.8 Å². The summed E-state index contributed by atoms with van der Waals surface area (Å²) in [5, 5.41) is 3.41. The van der Waals surface area contributed by atoms with Crippen molar-refractivity contribution in [1.82, 2.24) is 5.32 Å². The highest BCUT2D eigenvalue weighted by Crippen LogP contribution is 2.26. The lowest BCUT2D eigenvalue weighted by molar-refractivity contribution is 0.184. The predicted octanol–water partition coefficient (Wildman–Crippen LogP) is 2.48. The SMILES string of the molecule is CCOc1ccccc1OCCNCCC1CCOC1. The monoisotopic (exact) mass is 279 g/mol. The second-order valence-electron chi connectivity index (χ2n) is 5.00. The van der Waals surface area contributed by atoms with Crippen molar-refractivity contribution >= 4 is 0 Å². The van der Waals surface area contributed by atoms with Crippen molar-refractivity contribution < 1.29 is 14.2 Å². The van der Waals surface area contributed by atoms with Gasteiger partial charge in [-0.15, -0.1) is 0 Å². The third-order valence-corrected chi connectivity index (χ3v) is 3.44. The second kappa shape index (κ2) is 8.82. The molecule has 1 unspecified atom stereocenters. The fourth-order valence-electron chi connectivity index (χ4n) is 2.32. The molecule has 1 heterocycles. The third-order valence-electron chi connectivity index (χ3n) is 3.44. The van der Waals surface area contributed by atoms with E-state index in [1.54, 1.807) is 0 Å². The molecule has 0 spiro atoms. The lowest BCUT2D eigenvalue weighted by Gasteiger charge is -2.12. The molecule has 0 aromatic heterocycles. The van der Waals surface area contributed by atoms with Crippen molar-refractivity contribution in [3.8, 4) is 11.5 Å². The zero-order chi connectivity index (χ0) is 14.0. The van der Waals surface area contributed by atoms with Crippen molar-refractivity contribution in [3.05, 3.63) is 24.3 Å². The molecule has 20 heavy (non-hydrogen) atoms. The summed E-state index contributed by atoms with van der Waals surface area (Å²) in [5.74, 6) is 2.38. The highest BCUT2D eigenvalue weighted by atomic mass is 16.5. The van der Waals surface area contributed by atoms with Crippen LogP contribution in [0.5, 0.6) is 11.5 Å². The molecule has 1 atom stereocenters. The zero-order valence-corrected chi connectivity index (χ0v) is 12.3. The van der Waals surface area contributed by atoms with E-state index < -0.39 is 0 Å². The minimum absolute atomic E-state index is 0.655. The summed E-state index contributed by atoms with van der Waals surface area (Å²) in [6.07, 6.45) is 2.40. The molecule has 1 aromatic carbocycles. The van der Waals surface area contributed by atoms with Gasteiger partial charge in [0.25, 0.3) is 0 Å². The molecule has 1 saturated heterocycles. The first kappa shape index (κ1) is 15.1. The van der Waals surface area contributed by atoms with Gasteiger partial charge in [-0.25, -0.2) is 0 Å². The molecule has 112 valence electrons. The molecule has 0 radical (unpaired) electrons. The van der Waals surface area contributed by atoms with Gasteiger partial charge in [0, 0.05) is 19.8 Å². The van der Waals surface area contributed by atoms with Crippen LogP contribution in [0.15, 0.2) is 24.3 Å². The topological polar surface area (TPSA) is 39.7 Å². The summed E-state index contributed by atoms with van der Waals surface area (Å²) in [7, 11) is 0. The van der Waals surface area contributed by atoms with Crippen LogP contribution >= 0.6 is 0 Å². The van der Waals surface area contributed by atoms with Crippen molar-refractivity contribution in [2.24, 2.45) is 5.92 Å². The van der Waals surface area contributed by atoms with Gasteiger partial charge < -0.3 is 19.5 Å². The first-order valence-corrected chi connectivity index (χ1v) is 7.53. The van der Waals surface area contributed by atoms with E-state index in [0.717, 1.165) is 43.7 Å². The van der Waals surface area contributed by atoms with Crippen LogP contribution in [0.25, 0.3) is 0 Å². The molecule has 0 amide bonds. The highest BCUT2D eigenvalue weighted by molar-refractivity contribution is 5.39. The van der Waals surface area contributed by atoms with Crippen LogP contribution in [-0.4, -0.2) is 39.5 Å². The average Bonchev–Trinajstić information content (AvgIpc) is 2.98. The molecule has 1 N–H and O–H groups in total. The van der Waals surface area contributed by atoms with Crippen LogP contribution in [0.2, 0.25) is 0 Å². The smallest absolute Gasteiger partial charge is 0.161 e. The normalized spacial score (nSPS) is 18.1. The molecule has 1 aliphatic heterocycles. The number of benzene rings is 1. The van der Waals surface area contributed by atoms with Crippen LogP contribution in [0.3, 0.4) is 0 Å². The summed E-state index contributed by atoms with van der Waals surface area (Å²) >= 11 is 0. The third kappa shape index (κ3) is 5.02. The van der Waals surface area contributed by atoms with E-state index >= 15 is 0 Å². The van der Waals surface area contributed by atoms with Gasteiger partial charge in [-0.3, -0.25) is 0 Å². The summed E-state index contributed by atoms with van der Waals surface area (Å²) < 4.78 is 16.6. The Morgan fingerprint density at radius 1 is 1.20 bits per heavy atom. The number of hydrogen-bond donors (Lipinski definition) is 1. The highest BCUT2D eigenvalue weighted by Gasteiger charge is 2.14. The molecule has 0 bridgehead atoms. The molecule has 1 aliphatic rings. The maximum Gasteiger partial charge on any atom is 0.161 e. The molecule has 4 nitrogen and oxygen atoms in total. The second-order valence-corrected chi connectivity index (χ2v) is 5.00.